The van der Waals surface area contributed by atoms with Crippen molar-refractivity contribution in [1.82, 2.24) is 5.32 Å². The van der Waals surface area contributed by atoms with E-state index in [4.69, 9.17) is 10.5 Å². The monoisotopic (exact) mass is 264 g/mol. The Morgan fingerprint density at radius 1 is 1.32 bits per heavy atom. The highest BCUT2D eigenvalue weighted by Crippen LogP contribution is 2.11. The van der Waals surface area contributed by atoms with Crippen molar-refractivity contribution < 1.29 is 14.3 Å². The molecule has 0 radical (unpaired) electrons. The van der Waals surface area contributed by atoms with Gasteiger partial charge in [-0.05, 0) is 30.2 Å². The lowest BCUT2D eigenvalue weighted by Crippen LogP contribution is -2.45. The summed E-state index contributed by atoms with van der Waals surface area (Å²) in [5.74, 6) is -0.737. The van der Waals surface area contributed by atoms with E-state index >= 15 is 0 Å². The fraction of sp³-hybridized carbons (Fsp3) is 0.429. The van der Waals surface area contributed by atoms with Crippen LogP contribution >= 0.6 is 0 Å². The fourth-order valence-corrected chi connectivity index (χ4v) is 1.66. The van der Waals surface area contributed by atoms with Crippen LogP contribution in [0.15, 0.2) is 24.3 Å². The van der Waals surface area contributed by atoms with Gasteiger partial charge in [0, 0.05) is 11.3 Å². The van der Waals surface area contributed by atoms with E-state index in [2.05, 4.69) is 5.32 Å². The largest absolute Gasteiger partial charge is 0.467 e. The first-order valence-electron chi connectivity index (χ1n) is 6.23. The molecule has 0 fully saturated rings. The minimum absolute atomic E-state index is 0.00480. The molecule has 2 atom stereocenters. The molecule has 1 amide bonds. The van der Waals surface area contributed by atoms with E-state index in [9.17, 15) is 9.59 Å². The van der Waals surface area contributed by atoms with Gasteiger partial charge in [-0.25, -0.2) is 4.79 Å². The third-order valence-corrected chi connectivity index (χ3v) is 3.13. The number of rotatable bonds is 5. The summed E-state index contributed by atoms with van der Waals surface area (Å²) in [5.41, 5.74) is 6.61. The Bertz CT molecular complexity index is 443. The molecule has 0 aliphatic heterocycles. The third-order valence-electron chi connectivity index (χ3n) is 3.13. The van der Waals surface area contributed by atoms with E-state index in [-0.39, 0.29) is 11.8 Å². The van der Waals surface area contributed by atoms with Crippen LogP contribution in [0.2, 0.25) is 0 Å². The molecule has 0 bridgehead atoms. The van der Waals surface area contributed by atoms with Gasteiger partial charge in [-0.15, -0.1) is 0 Å². The highest BCUT2D eigenvalue weighted by Gasteiger charge is 2.26. The second-order valence-corrected chi connectivity index (χ2v) is 4.48. The van der Waals surface area contributed by atoms with Crippen molar-refractivity contribution in [2.45, 2.75) is 26.3 Å². The van der Waals surface area contributed by atoms with E-state index in [1.54, 1.807) is 24.3 Å². The Hall–Kier alpha value is -2.04. The molecule has 1 aromatic rings. The fourth-order valence-electron chi connectivity index (χ4n) is 1.66. The van der Waals surface area contributed by atoms with Gasteiger partial charge in [-0.3, -0.25) is 4.79 Å². The van der Waals surface area contributed by atoms with Crippen molar-refractivity contribution in [3.05, 3.63) is 29.8 Å². The smallest absolute Gasteiger partial charge is 0.328 e. The molecule has 0 aromatic heterocycles. The molecule has 3 N–H and O–H groups in total. The van der Waals surface area contributed by atoms with E-state index in [0.29, 0.717) is 11.3 Å². The molecule has 0 saturated carbocycles. The van der Waals surface area contributed by atoms with Crippen LogP contribution in [0.3, 0.4) is 0 Å². The van der Waals surface area contributed by atoms with Gasteiger partial charge in [-0.2, -0.15) is 0 Å². The average molecular weight is 264 g/mol. The normalized spacial score (nSPS) is 13.4. The van der Waals surface area contributed by atoms with Gasteiger partial charge < -0.3 is 15.8 Å². The van der Waals surface area contributed by atoms with Gasteiger partial charge in [0.05, 0.1) is 7.11 Å². The Morgan fingerprint density at radius 3 is 2.37 bits per heavy atom. The summed E-state index contributed by atoms with van der Waals surface area (Å²) in [5, 5.41) is 2.70. The minimum atomic E-state index is -0.639. The first-order chi connectivity index (χ1) is 8.99. The lowest BCUT2D eigenvalue weighted by molar-refractivity contribution is -0.144. The zero-order chi connectivity index (χ0) is 14.4. The number of methoxy groups -OCH3 is 1. The maximum atomic E-state index is 12.0. The van der Waals surface area contributed by atoms with Crippen LogP contribution in [0.1, 0.15) is 30.6 Å². The molecule has 1 unspecified atom stereocenters. The number of nitrogens with two attached hydrogens (primary N) is 1. The minimum Gasteiger partial charge on any atom is -0.467 e. The van der Waals surface area contributed by atoms with Crippen molar-refractivity contribution in [2.75, 3.05) is 12.8 Å². The number of hydrogen-bond donors (Lipinski definition) is 2. The zero-order valence-corrected chi connectivity index (χ0v) is 11.5. The second-order valence-electron chi connectivity index (χ2n) is 4.48. The Balaban J connectivity index is 2.81. The van der Waals surface area contributed by atoms with Gasteiger partial charge in [-0.1, -0.05) is 20.3 Å². The Labute approximate surface area is 113 Å². The Kier molecular flexibility index (Phi) is 5.36. The molecule has 0 spiro atoms. The summed E-state index contributed by atoms with van der Waals surface area (Å²) in [4.78, 5) is 23.7. The number of carbonyl (C=O) groups is 2. The number of nitrogen functional groups attached to an aromatic ring is 1. The highest BCUT2D eigenvalue weighted by molar-refractivity contribution is 5.97. The summed E-state index contributed by atoms with van der Waals surface area (Å²) < 4.78 is 4.72. The number of carbonyl (C=O) groups excluding carboxylic acids is 2. The van der Waals surface area contributed by atoms with E-state index < -0.39 is 12.0 Å². The van der Waals surface area contributed by atoms with Crippen LogP contribution < -0.4 is 11.1 Å². The lowest BCUT2D eigenvalue weighted by atomic mass is 9.99. The van der Waals surface area contributed by atoms with Crippen LogP contribution in [-0.2, 0) is 9.53 Å². The third kappa shape index (κ3) is 3.98. The number of benzene rings is 1. The summed E-state index contributed by atoms with van der Waals surface area (Å²) in [7, 11) is 1.31. The zero-order valence-electron chi connectivity index (χ0n) is 11.5. The molecule has 19 heavy (non-hydrogen) atoms. The number of nitrogens with one attached hydrogen (secondary N) is 1. The van der Waals surface area contributed by atoms with Crippen molar-refractivity contribution in [3.63, 3.8) is 0 Å². The van der Waals surface area contributed by atoms with Gasteiger partial charge >= 0.3 is 5.97 Å². The van der Waals surface area contributed by atoms with E-state index in [1.165, 1.54) is 7.11 Å². The van der Waals surface area contributed by atoms with Crippen LogP contribution in [0.4, 0.5) is 5.69 Å². The molecule has 104 valence electrons. The topological polar surface area (TPSA) is 81.4 Å². The van der Waals surface area contributed by atoms with Crippen molar-refractivity contribution in [1.29, 1.82) is 0 Å². The first kappa shape index (κ1) is 15.0. The molecule has 1 aromatic carbocycles. The van der Waals surface area contributed by atoms with Gasteiger partial charge in [0.25, 0.3) is 5.91 Å². The lowest BCUT2D eigenvalue weighted by Gasteiger charge is -2.21. The number of anilines is 1. The maximum absolute atomic E-state index is 12.0. The Morgan fingerprint density at radius 2 is 1.89 bits per heavy atom. The predicted molar refractivity (Wildman–Crippen MR) is 73.6 cm³/mol. The van der Waals surface area contributed by atoms with Crippen molar-refractivity contribution in [2.24, 2.45) is 5.92 Å². The van der Waals surface area contributed by atoms with Gasteiger partial charge in [0.2, 0.25) is 0 Å². The molecule has 1 rings (SSSR count). The number of esters is 1. The maximum Gasteiger partial charge on any atom is 0.328 e. The van der Waals surface area contributed by atoms with E-state index in [0.717, 1.165) is 6.42 Å². The van der Waals surface area contributed by atoms with Crippen LogP contribution in [0.5, 0.6) is 0 Å². The number of amides is 1. The number of hydrogen-bond acceptors (Lipinski definition) is 4. The molecular weight excluding hydrogens is 244 g/mol. The van der Waals surface area contributed by atoms with Crippen LogP contribution in [-0.4, -0.2) is 25.0 Å². The van der Waals surface area contributed by atoms with Gasteiger partial charge in [0.15, 0.2) is 0 Å². The summed E-state index contributed by atoms with van der Waals surface area (Å²) in [6.45, 7) is 3.85. The standard InChI is InChI=1S/C14H20N2O3/c1-4-9(2)12(14(18)19-3)16-13(17)10-5-7-11(15)8-6-10/h5-9,12H,4,15H2,1-3H3,(H,16,17)/t9?,12-/m0/s1. The summed E-state index contributed by atoms with van der Waals surface area (Å²) >= 11 is 0. The second kappa shape index (κ2) is 6.78. The number of ether oxygens (including phenoxy) is 1. The quantitative estimate of drug-likeness (QED) is 0.625. The van der Waals surface area contributed by atoms with Gasteiger partial charge in [0.1, 0.15) is 6.04 Å². The van der Waals surface area contributed by atoms with Crippen molar-refractivity contribution >= 4 is 17.6 Å². The molecule has 0 saturated heterocycles. The molecular formula is C14H20N2O3. The summed E-state index contributed by atoms with van der Waals surface area (Å²) in [6.07, 6.45) is 0.766. The van der Waals surface area contributed by atoms with Crippen LogP contribution in [0.25, 0.3) is 0 Å². The predicted octanol–water partition coefficient (Wildman–Crippen LogP) is 1.59. The molecule has 5 nitrogen and oxygen atoms in total. The molecule has 0 aliphatic carbocycles. The molecule has 0 heterocycles. The molecule has 0 aliphatic rings. The summed E-state index contributed by atoms with van der Waals surface area (Å²) in [6, 6.07) is 5.89. The average Bonchev–Trinajstić information content (AvgIpc) is 2.43. The SMILES string of the molecule is CCC(C)[C@H](NC(=O)c1ccc(N)cc1)C(=O)OC. The highest BCUT2D eigenvalue weighted by atomic mass is 16.5. The van der Waals surface area contributed by atoms with Crippen molar-refractivity contribution in [3.8, 4) is 0 Å². The van der Waals surface area contributed by atoms with Crippen LogP contribution in [0, 0.1) is 5.92 Å². The van der Waals surface area contributed by atoms with E-state index in [1.807, 2.05) is 13.8 Å². The molecule has 5 heteroatoms. The first-order valence-corrected chi connectivity index (χ1v) is 6.23.